The van der Waals surface area contributed by atoms with Gasteiger partial charge in [-0.25, -0.2) is 0 Å². The maximum Gasteiger partial charge on any atom is 0.0674 e. The van der Waals surface area contributed by atoms with Gasteiger partial charge in [-0.3, -0.25) is 4.90 Å². The molecule has 0 spiro atoms. The molecular weight excluding hydrogens is 224 g/mol. The van der Waals surface area contributed by atoms with Crippen LogP contribution in [0.3, 0.4) is 0 Å². The van der Waals surface area contributed by atoms with Crippen molar-refractivity contribution in [2.75, 3.05) is 25.4 Å². The van der Waals surface area contributed by atoms with Gasteiger partial charge in [0.2, 0.25) is 0 Å². The summed E-state index contributed by atoms with van der Waals surface area (Å²) in [6.07, 6.45) is 2.58. The van der Waals surface area contributed by atoms with Gasteiger partial charge < -0.3 is 10.5 Å². The predicted molar refractivity (Wildman–Crippen MR) is 75.6 cm³/mol. The highest BCUT2D eigenvalue weighted by Crippen LogP contribution is 2.15. The van der Waals surface area contributed by atoms with E-state index in [0.717, 1.165) is 38.2 Å². The van der Waals surface area contributed by atoms with Crippen LogP contribution in [0.1, 0.15) is 25.8 Å². The Hall–Kier alpha value is -1.06. The lowest BCUT2D eigenvalue weighted by Gasteiger charge is -2.36. The molecule has 2 N–H and O–H groups in total. The maximum absolute atomic E-state index is 5.96. The Labute approximate surface area is 110 Å². The smallest absolute Gasteiger partial charge is 0.0674 e. The number of ether oxygens (including phenoxy) is 1. The van der Waals surface area contributed by atoms with Crippen molar-refractivity contribution >= 4 is 5.69 Å². The molecule has 100 valence electrons. The molecule has 0 aromatic heterocycles. The molecule has 0 bridgehead atoms. The Morgan fingerprint density at radius 1 is 1.33 bits per heavy atom. The van der Waals surface area contributed by atoms with E-state index in [4.69, 9.17) is 10.5 Å². The van der Waals surface area contributed by atoms with Crippen LogP contribution in [0.25, 0.3) is 0 Å². The molecule has 18 heavy (non-hydrogen) atoms. The van der Waals surface area contributed by atoms with Gasteiger partial charge in [0.15, 0.2) is 0 Å². The number of nitrogen functional groups attached to an aromatic ring is 1. The first kappa shape index (κ1) is 13.4. The minimum atomic E-state index is 0.364. The van der Waals surface area contributed by atoms with Crippen molar-refractivity contribution in [1.82, 2.24) is 4.90 Å². The lowest BCUT2D eigenvalue weighted by atomic mass is 10.1. The number of anilines is 1. The van der Waals surface area contributed by atoms with Crippen molar-refractivity contribution in [3.8, 4) is 0 Å². The first-order valence-electron chi connectivity index (χ1n) is 6.86. The number of nitrogens with zero attached hydrogens (tertiary/aromatic N) is 1. The first-order valence-corrected chi connectivity index (χ1v) is 6.86. The van der Waals surface area contributed by atoms with Crippen molar-refractivity contribution in [2.45, 2.75) is 38.8 Å². The number of rotatable bonds is 4. The van der Waals surface area contributed by atoms with Gasteiger partial charge in [0, 0.05) is 18.3 Å². The largest absolute Gasteiger partial charge is 0.399 e. The number of para-hydroxylation sites is 1. The molecule has 1 heterocycles. The lowest BCUT2D eigenvalue weighted by Crippen LogP contribution is -2.47. The summed E-state index contributed by atoms with van der Waals surface area (Å²) in [5.74, 6) is 0. The molecule has 2 rings (SSSR count). The van der Waals surface area contributed by atoms with E-state index in [1.807, 2.05) is 12.1 Å². The molecule has 2 unspecified atom stereocenters. The fraction of sp³-hybridized carbons (Fsp3) is 0.600. The molecule has 1 aliphatic rings. The van der Waals surface area contributed by atoms with Crippen LogP contribution in [0.4, 0.5) is 5.69 Å². The fourth-order valence-electron chi connectivity index (χ4n) is 2.52. The molecule has 0 saturated carbocycles. The van der Waals surface area contributed by atoms with Gasteiger partial charge in [-0.2, -0.15) is 0 Å². The Morgan fingerprint density at radius 3 is 2.89 bits per heavy atom. The number of benzene rings is 1. The summed E-state index contributed by atoms with van der Waals surface area (Å²) in [6, 6.07) is 8.69. The van der Waals surface area contributed by atoms with Crippen molar-refractivity contribution in [2.24, 2.45) is 0 Å². The summed E-state index contributed by atoms with van der Waals surface area (Å²) in [6.45, 7) is 7.42. The minimum absolute atomic E-state index is 0.364. The van der Waals surface area contributed by atoms with Crippen LogP contribution >= 0.6 is 0 Å². The van der Waals surface area contributed by atoms with E-state index in [-0.39, 0.29) is 0 Å². The van der Waals surface area contributed by atoms with E-state index in [1.165, 1.54) is 5.56 Å². The third-order valence-electron chi connectivity index (χ3n) is 3.68. The normalized spacial score (nSPS) is 25.2. The molecule has 1 aliphatic heterocycles. The van der Waals surface area contributed by atoms with Crippen molar-refractivity contribution in [1.29, 1.82) is 0 Å². The second-order valence-electron chi connectivity index (χ2n) is 5.29. The zero-order valence-electron chi connectivity index (χ0n) is 11.4. The molecule has 1 aromatic rings. The molecule has 3 nitrogen and oxygen atoms in total. The van der Waals surface area contributed by atoms with Crippen LogP contribution < -0.4 is 5.73 Å². The van der Waals surface area contributed by atoms with Crippen LogP contribution in [0.2, 0.25) is 0 Å². The van der Waals surface area contributed by atoms with Gasteiger partial charge in [0.25, 0.3) is 0 Å². The van der Waals surface area contributed by atoms with Crippen LogP contribution in [-0.2, 0) is 11.2 Å². The first-order chi connectivity index (χ1) is 8.66. The van der Waals surface area contributed by atoms with E-state index < -0.39 is 0 Å². The quantitative estimate of drug-likeness (QED) is 0.831. The van der Waals surface area contributed by atoms with Gasteiger partial charge in [-0.15, -0.1) is 0 Å². The van der Waals surface area contributed by atoms with Gasteiger partial charge in [-0.05, 0) is 44.9 Å². The lowest BCUT2D eigenvalue weighted by molar-refractivity contribution is -0.0494. The van der Waals surface area contributed by atoms with Crippen LogP contribution in [0.15, 0.2) is 24.3 Å². The van der Waals surface area contributed by atoms with E-state index in [9.17, 15) is 0 Å². The van der Waals surface area contributed by atoms with E-state index in [0.29, 0.717) is 12.1 Å². The van der Waals surface area contributed by atoms with E-state index >= 15 is 0 Å². The number of nitrogens with two attached hydrogens (primary N) is 1. The summed E-state index contributed by atoms with van der Waals surface area (Å²) < 4.78 is 5.64. The SMILES string of the molecule is CC1CN(CCCc2ccccc2N)C(C)CO1. The van der Waals surface area contributed by atoms with E-state index in [2.05, 4.69) is 30.9 Å². The van der Waals surface area contributed by atoms with Crippen molar-refractivity contribution in [3.63, 3.8) is 0 Å². The molecular formula is C15H24N2O. The van der Waals surface area contributed by atoms with E-state index in [1.54, 1.807) is 0 Å². The zero-order chi connectivity index (χ0) is 13.0. The third kappa shape index (κ3) is 3.47. The average Bonchev–Trinajstić information content (AvgIpc) is 2.36. The maximum atomic E-state index is 5.96. The summed E-state index contributed by atoms with van der Waals surface area (Å²) >= 11 is 0. The molecule has 0 aliphatic carbocycles. The molecule has 1 saturated heterocycles. The summed E-state index contributed by atoms with van der Waals surface area (Å²) in [5, 5.41) is 0. The average molecular weight is 248 g/mol. The highest BCUT2D eigenvalue weighted by molar-refractivity contribution is 5.46. The van der Waals surface area contributed by atoms with Crippen LogP contribution in [0, 0.1) is 0 Å². The Kier molecular flexibility index (Phi) is 4.61. The Bertz CT molecular complexity index is 381. The molecule has 0 amide bonds. The fourth-order valence-corrected chi connectivity index (χ4v) is 2.52. The summed E-state index contributed by atoms with van der Waals surface area (Å²) in [5.41, 5.74) is 8.14. The Balaban J connectivity index is 1.79. The zero-order valence-corrected chi connectivity index (χ0v) is 11.4. The van der Waals surface area contributed by atoms with Gasteiger partial charge in [0.05, 0.1) is 12.7 Å². The minimum Gasteiger partial charge on any atom is -0.399 e. The predicted octanol–water partition coefficient (Wildman–Crippen LogP) is 2.31. The summed E-state index contributed by atoms with van der Waals surface area (Å²) in [4.78, 5) is 2.52. The standard InChI is InChI=1S/C15H24N2O/c1-12-11-18-13(2)10-17(12)9-5-7-14-6-3-4-8-15(14)16/h3-4,6,8,12-13H,5,7,9-11,16H2,1-2H3. The second kappa shape index (κ2) is 6.21. The molecule has 1 fully saturated rings. The van der Waals surface area contributed by atoms with Crippen LogP contribution in [-0.4, -0.2) is 36.7 Å². The molecule has 1 aromatic carbocycles. The second-order valence-corrected chi connectivity index (χ2v) is 5.29. The highest BCUT2D eigenvalue weighted by Gasteiger charge is 2.22. The van der Waals surface area contributed by atoms with Crippen molar-refractivity contribution < 1.29 is 4.74 Å². The van der Waals surface area contributed by atoms with Gasteiger partial charge in [0.1, 0.15) is 0 Å². The molecule has 3 heteroatoms. The number of aryl methyl sites for hydroxylation is 1. The monoisotopic (exact) mass is 248 g/mol. The highest BCUT2D eigenvalue weighted by atomic mass is 16.5. The van der Waals surface area contributed by atoms with Crippen LogP contribution in [0.5, 0.6) is 0 Å². The third-order valence-corrected chi connectivity index (χ3v) is 3.68. The topological polar surface area (TPSA) is 38.5 Å². The van der Waals surface area contributed by atoms with Gasteiger partial charge in [-0.1, -0.05) is 18.2 Å². The van der Waals surface area contributed by atoms with Crippen molar-refractivity contribution in [3.05, 3.63) is 29.8 Å². The number of hydrogen-bond donors (Lipinski definition) is 1. The van der Waals surface area contributed by atoms with Gasteiger partial charge >= 0.3 is 0 Å². The Morgan fingerprint density at radius 2 is 2.11 bits per heavy atom. The molecule has 0 radical (unpaired) electrons. The number of morpholine rings is 1. The molecule has 2 atom stereocenters. The summed E-state index contributed by atoms with van der Waals surface area (Å²) in [7, 11) is 0. The number of hydrogen-bond acceptors (Lipinski definition) is 3.